The van der Waals surface area contributed by atoms with Crippen molar-refractivity contribution in [2.75, 3.05) is 26.7 Å². The summed E-state index contributed by atoms with van der Waals surface area (Å²) in [6, 6.07) is 7.45. The number of carbonyl (C=O) groups is 1. The summed E-state index contributed by atoms with van der Waals surface area (Å²) in [5.74, 6) is 2.49. The molecule has 0 saturated carbocycles. The maximum Gasteiger partial charge on any atom is 0.176 e. The van der Waals surface area contributed by atoms with Gasteiger partial charge in [0.15, 0.2) is 5.78 Å². The molecule has 3 heteroatoms. The molecule has 0 amide bonds. The first-order valence-electron chi connectivity index (χ1n) is 7.99. The van der Waals surface area contributed by atoms with Crippen LogP contribution in [0.2, 0.25) is 0 Å². The van der Waals surface area contributed by atoms with Crippen LogP contribution in [0.4, 0.5) is 0 Å². The topological polar surface area (TPSA) is 29.5 Å². The molecule has 1 heterocycles. The Morgan fingerprint density at radius 1 is 1.33 bits per heavy atom. The van der Waals surface area contributed by atoms with Crippen LogP contribution in [-0.4, -0.2) is 37.4 Å². The van der Waals surface area contributed by atoms with Crippen molar-refractivity contribution >= 4 is 5.78 Å². The van der Waals surface area contributed by atoms with E-state index < -0.39 is 0 Å². The fourth-order valence-corrected chi connectivity index (χ4v) is 3.10. The maximum absolute atomic E-state index is 12.4. The molecule has 21 heavy (non-hydrogen) atoms. The van der Waals surface area contributed by atoms with Gasteiger partial charge in [0.2, 0.25) is 0 Å². The smallest absolute Gasteiger partial charge is 0.176 e. The van der Waals surface area contributed by atoms with E-state index in [9.17, 15) is 4.79 Å². The summed E-state index contributed by atoms with van der Waals surface area (Å²) in [4.78, 5) is 14.7. The van der Waals surface area contributed by atoms with Crippen molar-refractivity contribution in [2.24, 2.45) is 11.8 Å². The number of benzene rings is 1. The van der Waals surface area contributed by atoms with Crippen LogP contribution >= 0.6 is 0 Å². The highest BCUT2D eigenvalue weighted by Gasteiger charge is 2.21. The fourth-order valence-electron chi connectivity index (χ4n) is 3.10. The Morgan fingerprint density at radius 2 is 2.14 bits per heavy atom. The number of ether oxygens (including phenoxy) is 1. The summed E-state index contributed by atoms with van der Waals surface area (Å²) in [6.45, 7) is 7.22. The van der Waals surface area contributed by atoms with Crippen molar-refractivity contribution < 1.29 is 9.53 Å². The van der Waals surface area contributed by atoms with Gasteiger partial charge in [-0.1, -0.05) is 26.0 Å². The first-order chi connectivity index (χ1) is 10.1. The molecule has 1 fully saturated rings. The molecule has 0 bridgehead atoms. The molecule has 1 atom stereocenters. The van der Waals surface area contributed by atoms with Gasteiger partial charge in [-0.2, -0.15) is 0 Å². The fraction of sp³-hybridized carbons (Fsp3) is 0.611. The number of methoxy groups -OCH3 is 1. The SMILES string of the molecule is COc1cccc(C(=O)CN2CCCC(C(C)C)CC2)c1. The lowest BCUT2D eigenvalue weighted by atomic mass is 9.89. The van der Waals surface area contributed by atoms with Gasteiger partial charge >= 0.3 is 0 Å². The Hall–Kier alpha value is -1.35. The highest BCUT2D eigenvalue weighted by molar-refractivity contribution is 5.97. The van der Waals surface area contributed by atoms with E-state index in [-0.39, 0.29) is 5.78 Å². The van der Waals surface area contributed by atoms with Crippen molar-refractivity contribution in [3.8, 4) is 5.75 Å². The van der Waals surface area contributed by atoms with E-state index in [1.807, 2.05) is 24.3 Å². The first kappa shape index (κ1) is 16.0. The van der Waals surface area contributed by atoms with Crippen LogP contribution in [0.25, 0.3) is 0 Å². The normalized spacial score (nSPS) is 20.3. The lowest BCUT2D eigenvalue weighted by Gasteiger charge is -2.20. The van der Waals surface area contributed by atoms with E-state index in [0.717, 1.165) is 36.2 Å². The van der Waals surface area contributed by atoms with Crippen molar-refractivity contribution in [2.45, 2.75) is 33.1 Å². The number of rotatable bonds is 5. The van der Waals surface area contributed by atoms with Crippen LogP contribution in [0, 0.1) is 11.8 Å². The summed E-state index contributed by atoms with van der Waals surface area (Å²) in [5.41, 5.74) is 0.749. The largest absolute Gasteiger partial charge is 0.497 e. The molecule has 116 valence electrons. The molecule has 0 spiro atoms. The second kappa shape index (κ2) is 7.60. The molecule has 0 radical (unpaired) electrons. The van der Waals surface area contributed by atoms with Crippen LogP contribution in [-0.2, 0) is 0 Å². The minimum absolute atomic E-state index is 0.192. The molecule has 0 aliphatic carbocycles. The Kier molecular flexibility index (Phi) is 5.80. The molecule has 1 aromatic carbocycles. The molecule has 0 N–H and O–H groups in total. The van der Waals surface area contributed by atoms with Crippen molar-refractivity contribution in [3.05, 3.63) is 29.8 Å². The number of hydrogen-bond donors (Lipinski definition) is 0. The van der Waals surface area contributed by atoms with Gasteiger partial charge in [0.25, 0.3) is 0 Å². The molecule has 2 rings (SSSR count). The molecule has 1 unspecified atom stereocenters. The molecule has 0 aromatic heterocycles. The predicted molar refractivity (Wildman–Crippen MR) is 85.9 cm³/mol. The summed E-state index contributed by atoms with van der Waals surface area (Å²) in [5, 5.41) is 0. The quantitative estimate of drug-likeness (QED) is 0.775. The molecule has 1 aliphatic rings. The van der Waals surface area contributed by atoms with Crippen LogP contribution in [0.5, 0.6) is 5.75 Å². The zero-order valence-corrected chi connectivity index (χ0v) is 13.5. The minimum atomic E-state index is 0.192. The number of carbonyl (C=O) groups excluding carboxylic acids is 1. The summed E-state index contributed by atoms with van der Waals surface area (Å²) in [7, 11) is 1.63. The summed E-state index contributed by atoms with van der Waals surface area (Å²) >= 11 is 0. The molecular formula is C18H27NO2. The van der Waals surface area contributed by atoms with E-state index in [4.69, 9.17) is 4.74 Å². The molecular weight excluding hydrogens is 262 g/mol. The zero-order chi connectivity index (χ0) is 15.2. The minimum Gasteiger partial charge on any atom is -0.497 e. The van der Waals surface area contributed by atoms with E-state index in [2.05, 4.69) is 18.7 Å². The summed E-state index contributed by atoms with van der Waals surface area (Å²) in [6.07, 6.45) is 3.71. The second-order valence-corrected chi connectivity index (χ2v) is 6.37. The number of nitrogens with zero attached hydrogens (tertiary/aromatic N) is 1. The lowest BCUT2D eigenvalue weighted by molar-refractivity contribution is 0.0931. The monoisotopic (exact) mass is 289 g/mol. The van der Waals surface area contributed by atoms with Gasteiger partial charge in [-0.15, -0.1) is 0 Å². The Bertz CT molecular complexity index is 470. The van der Waals surface area contributed by atoms with Gasteiger partial charge in [-0.05, 0) is 56.3 Å². The average Bonchev–Trinajstić information content (AvgIpc) is 2.73. The number of likely N-dealkylation sites (tertiary alicyclic amines) is 1. The van der Waals surface area contributed by atoms with Gasteiger partial charge in [0.1, 0.15) is 5.75 Å². The van der Waals surface area contributed by atoms with Crippen LogP contribution < -0.4 is 4.74 Å². The second-order valence-electron chi connectivity index (χ2n) is 6.37. The third-order valence-corrected chi connectivity index (χ3v) is 4.57. The summed E-state index contributed by atoms with van der Waals surface area (Å²) < 4.78 is 5.19. The van der Waals surface area contributed by atoms with Crippen molar-refractivity contribution in [1.82, 2.24) is 4.90 Å². The van der Waals surface area contributed by atoms with E-state index in [0.29, 0.717) is 6.54 Å². The standard InChI is InChI=1S/C18H27NO2/c1-14(2)15-7-5-10-19(11-9-15)13-18(20)16-6-4-8-17(12-16)21-3/h4,6,8,12,14-15H,5,7,9-11,13H2,1-3H3. The van der Waals surface area contributed by atoms with Gasteiger partial charge < -0.3 is 4.74 Å². The predicted octanol–water partition coefficient (Wildman–Crippen LogP) is 3.64. The lowest BCUT2D eigenvalue weighted by Crippen LogP contribution is -2.31. The maximum atomic E-state index is 12.4. The molecule has 1 aliphatic heterocycles. The van der Waals surface area contributed by atoms with Gasteiger partial charge in [0, 0.05) is 5.56 Å². The number of ketones is 1. The first-order valence-corrected chi connectivity index (χ1v) is 7.99. The zero-order valence-electron chi connectivity index (χ0n) is 13.5. The van der Waals surface area contributed by atoms with Crippen molar-refractivity contribution in [1.29, 1.82) is 0 Å². The van der Waals surface area contributed by atoms with Gasteiger partial charge in [-0.25, -0.2) is 0 Å². The van der Waals surface area contributed by atoms with Crippen molar-refractivity contribution in [3.63, 3.8) is 0 Å². The van der Waals surface area contributed by atoms with Crippen LogP contribution in [0.3, 0.4) is 0 Å². The Morgan fingerprint density at radius 3 is 2.86 bits per heavy atom. The van der Waals surface area contributed by atoms with E-state index >= 15 is 0 Å². The van der Waals surface area contributed by atoms with Gasteiger partial charge in [0.05, 0.1) is 13.7 Å². The number of Topliss-reactive ketones (excluding diaryl/α,β-unsaturated/α-hetero) is 1. The highest BCUT2D eigenvalue weighted by atomic mass is 16.5. The highest BCUT2D eigenvalue weighted by Crippen LogP contribution is 2.24. The Labute approximate surface area is 128 Å². The third kappa shape index (κ3) is 4.57. The third-order valence-electron chi connectivity index (χ3n) is 4.57. The molecule has 3 nitrogen and oxygen atoms in total. The van der Waals surface area contributed by atoms with E-state index in [1.165, 1.54) is 19.3 Å². The van der Waals surface area contributed by atoms with Gasteiger partial charge in [-0.3, -0.25) is 9.69 Å². The van der Waals surface area contributed by atoms with E-state index in [1.54, 1.807) is 7.11 Å². The average molecular weight is 289 g/mol. The number of hydrogen-bond acceptors (Lipinski definition) is 3. The van der Waals surface area contributed by atoms with Crippen LogP contribution in [0.15, 0.2) is 24.3 Å². The van der Waals surface area contributed by atoms with Crippen LogP contribution in [0.1, 0.15) is 43.5 Å². The Balaban J connectivity index is 1.93. The molecule has 1 aromatic rings. The molecule has 1 saturated heterocycles.